The lowest BCUT2D eigenvalue weighted by atomic mass is 10.1. The molecule has 0 bridgehead atoms. The van der Waals surface area contributed by atoms with Crippen LogP contribution in [0.3, 0.4) is 0 Å². The first-order valence-corrected chi connectivity index (χ1v) is 4.71. The van der Waals surface area contributed by atoms with Gasteiger partial charge in [0.1, 0.15) is 0 Å². The van der Waals surface area contributed by atoms with E-state index >= 15 is 0 Å². The van der Waals surface area contributed by atoms with Crippen molar-refractivity contribution in [1.82, 2.24) is 0 Å². The van der Waals surface area contributed by atoms with Crippen molar-refractivity contribution >= 4 is 23.2 Å². The van der Waals surface area contributed by atoms with E-state index in [9.17, 15) is 0 Å². The summed E-state index contributed by atoms with van der Waals surface area (Å²) >= 11 is 11.7. The first-order chi connectivity index (χ1) is 5.74. The fourth-order valence-electron chi connectivity index (χ4n) is 1.02. The highest BCUT2D eigenvalue weighted by Crippen LogP contribution is 2.22. The molecule has 0 aliphatic carbocycles. The maximum atomic E-state index is 5.97. The second kappa shape index (κ2) is 4.74. The molecule has 65 valence electrons. The van der Waals surface area contributed by atoms with Crippen LogP contribution in [-0.2, 0) is 6.42 Å². The zero-order valence-electron chi connectivity index (χ0n) is 6.98. The first-order valence-electron chi connectivity index (χ1n) is 3.96. The molecule has 0 unspecified atom stereocenters. The van der Waals surface area contributed by atoms with Crippen molar-refractivity contribution in [3.63, 3.8) is 0 Å². The normalized spacial score (nSPS) is 10.2. The number of rotatable bonds is 3. The van der Waals surface area contributed by atoms with Gasteiger partial charge >= 0.3 is 0 Å². The Morgan fingerprint density at radius 2 is 2.08 bits per heavy atom. The van der Waals surface area contributed by atoms with Crippen LogP contribution in [0.2, 0.25) is 10.0 Å². The molecule has 0 spiro atoms. The monoisotopic (exact) mass is 201 g/mol. The molecule has 0 atom stereocenters. The molecule has 2 heteroatoms. The van der Waals surface area contributed by atoms with E-state index in [0.29, 0.717) is 5.02 Å². The Bertz CT molecular complexity index is 256. The summed E-state index contributed by atoms with van der Waals surface area (Å²) in [5.41, 5.74) is 1.17. The maximum absolute atomic E-state index is 5.97. The van der Waals surface area contributed by atoms with Crippen LogP contribution in [0.1, 0.15) is 18.9 Å². The van der Waals surface area contributed by atoms with E-state index in [1.54, 1.807) is 6.07 Å². The molecule has 0 saturated carbocycles. The summed E-state index contributed by atoms with van der Waals surface area (Å²) in [4.78, 5) is 0. The molecular formula is C10H11Cl2. The third-order valence-electron chi connectivity index (χ3n) is 1.72. The van der Waals surface area contributed by atoms with Crippen LogP contribution in [0.5, 0.6) is 0 Å². The lowest BCUT2D eigenvalue weighted by molar-refractivity contribution is 0.937. The number of hydrogen-bond donors (Lipinski definition) is 0. The van der Waals surface area contributed by atoms with Gasteiger partial charge in [0.25, 0.3) is 0 Å². The minimum atomic E-state index is 0.698. The minimum absolute atomic E-state index is 0.698. The summed E-state index contributed by atoms with van der Waals surface area (Å²) in [6.45, 7) is 2.05. The first kappa shape index (κ1) is 9.88. The van der Waals surface area contributed by atoms with Crippen LogP contribution in [0.25, 0.3) is 0 Å². The zero-order valence-corrected chi connectivity index (χ0v) is 8.49. The second-order valence-electron chi connectivity index (χ2n) is 2.68. The Morgan fingerprint density at radius 3 is 2.67 bits per heavy atom. The lowest BCUT2D eigenvalue weighted by Gasteiger charge is -2.02. The molecule has 1 aromatic rings. The van der Waals surface area contributed by atoms with Crippen molar-refractivity contribution in [3.05, 3.63) is 40.2 Å². The molecule has 0 aliphatic rings. The maximum Gasteiger partial charge on any atom is 0.0452 e. The molecule has 1 rings (SSSR count). The summed E-state index contributed by atoms with van der Waals surface area (Å²) in [6, 6.07) is 5.64. The number of benzene rings is 1. The van der Waals surface area contributed by atoms with Crippen molar-refractivity contribution in [2.45, 2.75) is 19.8 Å². The number of aryl methyl sites for hydroxylation is 1. The molecule has 1 aromatic carbocycles. The summed E-state index contributed by atoms with van der Waals surface area (Å²) in [7, 11) is 0. The molecule has 0 nitrogen and oxygen atoms in total. The van der Waals surface area contributed by atoms with Crippen LogP contribution in [0, 0.1) is 6.42 Å². The number of hydrogen-bond acceptors (Lipinski definition) is 0. The van der Waals surface area contributed by atoms with Crippen molar-refractivity contribution < 1.29 is 0 Å². The highest BCUT2D eigenvalue weighted by Gasteiger charge is 1.99. The van der Waals surface area contributed by atoms with Gasteiger partial charge in [-0.15, -0.1) is 0 Å². The van der Waals surface area contributed by atoms with E-state index < -0.39 is 0 Å². The van der Waals surface area contributed by atoms with Gasteiger partial charge in [0.2, 0.25) is 0 Å². The van der Waals surface area contributed by atoms with E-state index in [1.807, 2.05) is 19.1 Å². The number of unbranched alkanes of at least 4 members (excludes halogenated alkanes) is 1. The Hall–Kier alpha value is -0.200. The Morgan fingerprint density at radius 1 is 1.33 bits per heavy atom. The van der Waals surface area contributed by atoms with E-state index in [1.165, 1.54) is 5.56 Å². The van der Waals surface area contributed by atoms with Gasteiger partial charge in [0.05, 0.1) is 0 Å². The molecular weight excluding hydrogens is 191 g/mol. The Balaban J connectivity index is 2.72. The fourth-order valence-corrected chi connectivity index (χ4v) is 1.53. The summed E-state index contributed by atoms with van der Waals surface area (Å²) in [6.07, 6.45) is 4.18. The molecule has 0 amide bonds. The summed E-state index contributed by atoms with van der Waals surface area (Å²) < 4.78 is 0. The molecule has 12 heavy (non-hydrogen) atoms. The third-order valence-corrected chi connectivity index (χ3v) is 2.30. The van der Waals surface area contributed by atoms with Gasteiger partial charge in [-0.1, -0.05) is 36.2 Å². The van der Waals surface area contributed by atoms with Crippen LogP contribution in [0.4, 0.5) is 0 Å². The van der Waals surface area contributed by atoms with Crippen molar-refractivity contribution in [1.29, 1.82) is 0 Å². The number of halogens is 2. The fraction of sp³-hybridized carbons (Fsp3) is 0.300. The van der Waals surface area contributed by atoms with E-state index in [-0.39, 0.29) is 0 Å². The van der Waals surface area contributed by atoms with E-state index in [4.69, 9.17) is 23.2 Å². The molecule has 0 fully saturated rings. The molecule has 0 N–H and O–H groups in total. The van der Waals surface area contributed by atoms with Crippen molar-refractivity contribution in [2.75, 3.05) is 0 Å². The molecule has 1 radical (unpaired) electrons. The molecule has 0 aliphatic heterocycles. The van der Waals surface area contributed by atoms with Crippen LogP contribution >= 0.6 is 23.2 Å². The van der Waals surface area contributed by atoms with Gasteiger partial charge in [0, 0.05) is 10.0 Å². The average molecular weight is 202 g/mol. The highest BCUT2D eigenvalue weighted by atomic mass is 35.5. The van der Waals surface area contributed by atoms with Gasteiger partial charge in [-0.05, 0) is 37.0 Å². The molecule has 0 saturated heterocycles. The predicted molar refractivity (Wildman–Crippen MR) is 54.8 cm³/mol. The summed E-state index contributed by atoms with van der Waals surface area (Å²) in [5, 5.41) is 1.47. The van der Waals surface area contributed by atoms with Crippen LogP contribution < -0.4 is 0 Å². The zero-order chi connectivity index (χ0) is 8.97. The largest absolute Gasteiger partial charge is 0.0843 e. The quantitative estimate of drug-likeness (QED) is 0.690. The lowest BCUT2D eigenvalue weighted by Crippen LogP contribution is -1.85. The van der Waals surface area contributed by atoms with Crippen LogP contribution in [0.15, 0.2) is 18.2 Å². The highest BCUT2D eigenvalue weighted by molar-refractivity contribution is 6.35. The van der Waals surface area contributed by atoms with Gasteiger partial charge < -0.3 is 0 Å². The van der Waals surface area contributed by atoms with Crippen LogP contribution in [-0.4, -0.2) is 0 Å². The molecule has 0 heterocycles. The predicted octanol–water partition coefficient (Wildman–Crippen LogP) is 4.15. The molecule has 0 aromatic heterocycles. The SMILES string of the molecule is C[CH]CCc1ccc(Cl)cc1Cl. The second-order valence-corrected chi connectivity index (χ2v) is 3.53. The van der Waals surface area contributed by atoms with Gasteiger partial charge in [-0.2, -0.15) is 0 Å². The standard InChI is InChI=1S/C10H11Cl2/c1-2-3-4-8-5-6-9(11)7-10(8)12/h2,5-7H,3-4H2,1H3. The van der Waals surface area contributed by atoms with E-state index in [0.717, 1.165) is 17.9 Å². The topological polar surface area (TPSA) is 0 Å². The van der Waals surface area contributed by atoms with Gasteiger partial charge in [-0.3, -0.25) is 0 Å². The van der Waals surface area contributed by atoms with Gasteiger partial charge in [0.15, 0.2) is 0 Å². The van der Waals surface area contributed by atoms with Crippen molar-refractivity contribution in [3.8, 4) is 0 Å². The Kier molecular flexibility index (Phi) is 3.90. The smallest absolute Gasteiger partial charge is 0.0452 e. The van der Waals surface area contributed by atoms with Gasteiger partial charge in [-0.25, -0.2) is 0 Å². The summed E-state index contributed by atoms with van der Waals surface area (Å²) in [5.74, 6) is 0. The van der Waals surface area contributed by atoms with Crippen molar-refractivity contribution in [2.24, 2.45) is 0 Å². The van der Waals surface area contributed by atoms with E-state index in [2.05, 4.69) is 6.42 Å². The average Bonchev–Trinajstić information content (AvgIpc) is 2.03. The Labute approximate surface area is 83.5 Å². The third kappa shape index (κ3) is 2.69. The minimum Gasteiger partial charge on any atom is -0.0843 e.